The van der Waals surface area contributed by atoms with E-state index in [-0.39, 0.29) is 0 Å². The molecule has 1 aromatic carbocycles. The summed E-state index contributed by atoms with van der Waals surface area (Å²) in [4.78, 5) is 2.79. The molecule has 1 rings (SSSR count). The topological polar surface area (TPSA) is 57.2 Å². The Labute approximate surface area is 117 Å². The van der Waals surface area contributed by atoms with Crippen molar-refractivity contribution in [3.05, 3.63) is 24.3 Å². The monoisotopic (exact) mass is 334 g/mol. The lowest BCUT2D eigenvalue weighted by Crippen LogP contribution is -2.21. The maximum Gasteiger partial charge on any atom is 0.485 e. The summed E-state index contributed by atoms with van der Waals surface area (Å²) in [5.41, 5.74) is -5.65. The highest BCUT2D eigenvalue weighted by Gasteiger charge is 2.36. The van der Waals surface area contributed by atoms with E-state index < -0.39 is 15.6 Å². The van der Waals surface area contributed by atoms with E-state index in [0.29, 0.717) is 10.9 Å². The van der Waals surface area contributed by atoms with Crippen LogP contribution < -0.4 is 0 Å². The van der Waals surface area contributed by atoms with Gasteiger partial charge >= 0.3 is 5.51 Å². The van der Waals surface area contributed by atoms with Crippen LogP contribution in [0.1, 0.15) is 0 Å². The first kappa shape index (κ1) is 18.6. The first-order valence-electron chi connectivity index (χ1n) is 4.73. The fourth-order valence-corrected chi connectivity index (χ4v) is 1.94. The van der Waals surface area contributed by atoms with Crippen LogP contribution in [0, 0.1) is 0 Å². The van der Waals surface area contributed by atoms with Gasteiger partial charge in [0.25, 0.3) is 0 Å². The molecule has 0 saturated heterocycles. The summed E-state index contributed by atoms with van der Waals surface area (Å²) in [5.74, 6) is 0. The molecule has 0 heterocycles. The first-order valence-corrected chi connectivity index (χ1v) is 9.40. The van der Waals surface area contributed by atoms with Gasteiger partial charge in [-0.1, -0.05) is 0 Å². The Hall–Kier alpha value is -0.380. The second-order valence-corrected chi connectivity index (χ2v) is 7.75. The molecular formula is C10H13F3O3S3. The van der Waals surface area contributed by atoms with E-state index >= 15 is 0 Å². The van der Waals surface area contributed by atoms with Crippen LogP contribution in [0.2, 0.25) is 0 Å². The normalized spacial score (nSPS) is 12.0. The van der Waals surface area contributed by atoms with E-state index in [1.54, 1.807) is 11.8 Å². The molecule has 19 heavy (non-hydrogen) atoms. The molecule has 3 nitrogen and oxygen atoms in total. The van der Waals surface area contributed by atoms with Crippen LogP contribution in [-0.2, 0) is 21.0 Å². The van der Waals surface area contributed by atoms with Crippen LogP contribution in [-0.4, -0.2) is 37.2 Å². The van der Waals surface area contributed by atoms with E-state index in [0.717, 1.165) is 0 Å². The molecular weight excluding hydrogens is 321 g/mol. The number of hydrogen-bond donors (Lipinski definition) is 0. The molecule has 1 aromatic rings. The maximum absolute atomic E-state index is 10.7. The number of alkyl halides is 3. The molecule has 0 fully saturated rings. The fourth-order valence-electron chi connectivity index (χ4n) is 0.848. The van der Waals surface area contributed by atoms with Gasteiger partial charge in [0, 0.05) is 15.8 Å². The number of thioether (sulfide) groups is 1. The zero-order valence-electron chi connectivity index (χ0n) is 10.4. The molecule has 0 aliphatic heterocycles. The summed E-state index contributed by atoms with van der Waals surface area (Å²) in [6, 6.07) is 8.81. The molecule has 0 unspecified atom stereocenters. The van der Waals surface area contributed by atoms with Crippen LogP contribution in [0.3, 0.4) is 0 Å². The minimum atomic E-state index is -6.09. The predicted molar refractivity (Wildman–Crippen MR) is 71.5 cm³/mol. The van der Waals surface area contributed by atoms with Crippen molar-refractivity contribution in [2.45, 2.75) is 15.3 Å². The molecule has 110 valence electrons. The summed E-state index contributed by atoms with van der Waals surface area (Å²) >= 11 is 1.79. The average molecular weight is 334 g/mol. The Morgan fingerprint density at radius 1 is 1.16 bits per heavy atom. The molecule has 0 aliphatic rings. The van der Waals surface area contributed by atoms with Gasteiger partial charge in [0.15, 0.2) is 15.0 Å². The van der Waals surface area contributed by atoms with Crippen LogP contribution in [0.5, 0.6) is 0 Å². The van der Waals surface area contributed by atoms with Gasteiger partial charge in [-0.2, -0.15) is 13.2 Å². The number of rotatable bonds is 2. The summed E-state index contributed by atoms with van der Waals surface area (Å²) < 4.78 is 58.9. The molecule has 0 aromatic heterocycles. The van der Waals surface area contributed by atoms with Crippen molar-refractivity contribution in [3.63, 3.8) is 0 Å². The van der Waals surface area contributed by atoms with E-state index in [4.69, 9.17) is 13.0 Å². The van der Waals surface area contributed by atoms with Crippen molar-refractivity contribution in [1.29, 1.82) is 0 Å². The van der Waals surface area contributed by atoms with Crippen molar-refractivity contribution in [1.82, 2.24) is 0 Å². The van der Waals surface area contributed by atoms with Gasteiger partial charge in [-0.25, -0.2) is 8.42 Å². The van der Waals surface area contributed by atoms with Crippen molar-refractivity contribution >= 4 is 32.8 Å². The van der Waals surface area contributed by atoms with Gasteiger partial charge < -0.3 is 4.55 Å². The smallest absolute Gasteiger partial charge is 0.485 e. The van der Waals surface area contributed by atoms with Gasteiger partial charge in [0.1, 0.15) is 12.5 Å². The largest absolute Gasteiger partial charge is 0.741 e. The Morgan fingerprint density at radius 3 is 1.74 bits per heavy atom. The van der Waals surface area contributed by atoms with E-state index in [1.165, 1.54) is 9.79 Å². The molecule has 0 spiro atoms. The zero-order chi connectivity index (χ0) is 15.3. The van der Waals surface area contributed by atoms with Crippen molar-refractivity contribution in [3.8, 4) is 0 Å². The number of benzene rings is 1. The molecule has 0 radical (unpaired) electrons. The molecule has 9 heteroatoms. The average Bonchev–Trinajstić information content (AvgIpc) is 2.27. The van der Waals surface area contributed by atoms with Crippen molar-refractivity contribution in [2.75, 3.05) is 18.8 Å². The number of halogens is 3. The fraction of sp³-hybridized carbons (Fsp3) is 0.400. The highest BCUT2D eigenvalue weighted by molar-refractivity contribution is 7.98. The standard InChI is InChI=1S/C9H13S2.CHF3O3S/c1-10-8-4-6-9(7-5-8)11(2)3;2-1(3,4)8(5,6)7/h4-7H,1-3H3;(H,5,6,7)/q+1;/p-1. The minimum absolute atomic E-state index is 0.402. The van der Waals surface area contributed by atoms with Gasteiger partial charge in [-0.15, -0.1) is 11.8 Å². The highest BCUT2D eigenvalue weighted by atomic mass is 32.2. The van der Waals surface area contributed by atoms with Crippen LogP contribution in [0.15, 0.2) is 34.1 Å². The van der Waals surface area contributed by atoms with Crippen molar-refractivity contribution in [2.24, 2.45) is 0 Å². The number of hydrogen-bond acceptors (Lipinski definition) is 4. The van der Waals surface area contributed by atoms with E-state index in [2.05, 4.69) is 43.0 Å². The van der Waals surface area contributed by atoms with Gasteiger partial charge in [-0.05, 0) is 30.5 Å². The third-order valence-electron chi connectivity index (χ3n) is 1.81. The molecule has 0 atom stereocenters. The highest BCUT2D eigenvalue weighted by Crippen LogP contribution is 2.20. The van der Waals surface area contributed by atoms with Crippen LogP contribution in [0.25, 0.3) is 0 Å². The van der Waals surface area contributed by atoms with Crippen molar-refractivity contribution < 1.29 is 26.1 Å². The maximum atomic E-state index is 10.7. The molecule has 0 aliphatic carbocycles. The van der Waals surface area contributed by atoms with Crippen LogP contribution in [0.4, 0.5) is 13.2 Å². The van der Waals surface area contributed by atoms with Gasteiger partial charge in [-0.3, -0.25) is 0 Å². The molecule has 0 bridgehead atoms. The zero-order valence-corrected chi connectivity index (χ0v) is 12.8. The van der Waals surface area contributed by atoms with E-state index in [9.17, 15) is 13.2 Å². The van der Waals surface area contributed by atoms with E-state index in [1.807, 2.05) is 0 Å². The molecule has 0 amide bonds. The summed E-state index contributed by atoms with van der Waals surface area (Å²) in [6.07, 6.45) is 6.59. The summed E-state index contributed by atoms with van der Waals surface area (Å²) in [5, 5.41) is 0. The summed E-state index contributed by atoms with van der Waals surface area (Å²) in [6.45, 7) is 0. The van der Waals surface area contributed by atoms with Gasteiger partial charge in [0.2, 0.25) is 0 Å². The lowest BCUT2D eigenvalue weighted by atomic mass is 10.4. The quantitative estimate of drug-likeness (QED) is 0.361. The Morgan fingerprint density at radius 2 is 1.53 bits per heavy atom. The third kappa shape index (κ3) is 7.09. The predicted octanol–water partition coefficient (Wildman–Crippen LogP) is 2.70. The minimum Gasteiger partial charge on any atom is -0.741 e. The third-order valence-corrected chi connectivity index (χ3v) is 4.34. The van der Waals surface area contributed by atoms with Crippen LogP contribution >= 0.6 is 11.8 Å². The Kier molecular flexibility index (Phi) is 7.27. The van der Waals surface area contributed by atoms with Gasteiger partial charge in [0.05, 0.1) is 0 Å². The lowest BCUT2D eigenvalue weighted by molar-refractivity contribution is -0.0517. The lowest BCUT2D eigenvalue weighted by Gasteiger charge is -2.08. The molecule has 0 N–H and O–H groups in total. The SMILES string of the molecule is CSc1ccc([S+](C)C)cc1.O=S(=O)([O-])C(F)(F)F. The Bertz CT molecular complexity index is 481. The summed E-state index contributed by atoms with van der Waals surface area (Å²) in [7, 11) is -5.69. The molecule has 0 saturated carbocycles. The Balaban J connectivity index is 0.000000362. The second-order valence-electron chi connectivity index (χ2n) is 3.39. The first-order chi connectivity index (χ1) is 8.49. The second kappa shape index (κ2) is 7.41.